The molecule has 0 spiro atoms. The average molecular weight is 256 g/mol. The van der Waals surface area contributed by atoms with Gasteiger partial charge in [-0.05, 0) is 24.5 Å². The largest absolute Gasteiger partial charge is 0.328 e. The lowest BCUT2D eigenvalue weighted by molar-refractivity contribution is 0.769. The van der Waals surface area contributed by atoms with E-state index >= 15 is 0 Å². The van der Waals surface area contributed by atoms with Crippen LogP contribution >= 0.6 is 0 Å². The molecule has 19 heavy (non-hydrogen) atoms. The van der Waals surface area contributed by atoms with E-state index in [0.717, 1.165) is 22.1 Å². The third-order valence-corrected chi connectivity index (χ3v) is 3.12. The molecule has 0 aliphatic heterocycles. The van der Waals surface area contributed by atoms with E-state index in [-0.39, 0.29) is 5.56 Å². The Morgan fingerprint density at radius 2 is 1.89 bits per heavy atom. The molecule has 0 aliphatic carbocycles. The van der Waals surface area contributed by atoms with E-state index in [1.165, 1.54) is 7.05 Å². The molecular formula is C15H16N2O2. The summed E-state index contributed by atoms with van der Waals surface area (Å²) in [6, 6.07) is 7.70. The fraction of sp³-hybridized carbons (Fsp3) is 0.200. The van der Waals surface area contributed by atoms with Crippen LogP contribution in [0.2, 0.25) is 0 Å². The van der Waals surface area contributed by atoms with Gasteiger partial charge in [0.05, 0.1) is 5.56 Å². The minimum absolute atomic E-state index is 0.280. The van der Waals surface area contributed by atoms with Gasteiger partial charge in [0.1, 0.15) is 0 Å². The van der Waals surface area contributed by atoms with Gasteiger partial charge in [-0.15, -0.1) is 6.58 Å². The highest BCUT2D eigenvalue weighted by Crippen LogP contribution is 2.18. The van der Waals surface area contributed by atoms with E-state index in [2.05, 4.69) is 11.6 Å². The molecule has 0 saturated heterocycles. The number of H-pyrrole nitrogens is 1. The second-order valence-electron chi connectivity index (χ2n) is 4.48. The fourth-order valence-corrected chi connectivity index (χ4v) is 2.04. The highest BCUT2D eigenvalue weighted by molar-refractivity contribution is 5.64. The van der Waals surface area contributed by atoms with Crippen LogP contribution in [0.1, 0.15) is 11.3 Å². The maximum absolute atomic E-state index is 12.1. The number of aromatic nitrogens is 2. The summed E-state index contributed by atoms with van der Waals surface area (Å²) < 4.78 is 1.08. The minimum Gasteiger partial charge on any atom is -0.311 e. The third kappa shape index (κ3) is 2.42. The van der Waals surface area contributed by atoms with Crippen molar-refractivity contribution in [2.24, 2.45) is 7.05 Å². The number of benzene rings is 1. The standard InChI is InChI=1S/C15H16N2O2/c1-4-5-11-6-8-12(9-7-11)13-10(2)16-15(19)17(3)14(13)18/h4,6-9H,1,5H2,2-3H3,(H,16,19). The Labute approximate surface area is 111 Å². The molecule has 1 N–H and O–H groups in total. The van der Waals surface area contributed by atoms with Crippen molar-refractivity contribution in [2.75, 3.05) is 0 Å². The predicted octanol–water partition coefficient (Wildman–Crippen LogP) is 1.78. The summed E-state index contributed by atoms with van der Waals surface area (Å²) >= 11 is 0. The molecule has 1 heterocycles. The summed E-state index contributed by atoms with van der Waals surface area (Å²) in [6.07, 6.45) is 2.63. The van der Waals surface area contributed by atoms with Gasteiger partial charge in [-0.25, -0.2) is 4.79 Å². The molecule has 0 atom stereocenters. The molecule has 2 aromatic rings. The normalized spacial score (nSPS) is 10.4. The maximum Gasteiger partial charge on any atom is 0.328 e. The van der Waals surface area contributed by atoms with Crippen molar-refractivity contribution in [3.63, 3.8) is 0 Å². The quantitative estimate of drug-likeness (QED) is 0.851. The van der Waals surface area contributed by atoms with Crippen LogP contribution in [0.25, 0.3) is 11.1 Å². The number of hydrogen-bond donors (Lipinski definition) is 1. The van der Waals surface area contributed by atoms with E-state index in [0.29, 0.717) is 11.3 Å². The molecule has 98 valence electrons. The van der Waals surface area contributed by atoms with E-state index < -0.39 is 5.69 Å². The van der Waals surface area contributed by atoms with Crippen molar-refractivity contribution in [1.82, 2.24) is 9.55 Å². The van der Waals surface area contributed by atoms with Crippen molar-refractivity contribution < 1.29 is 0 Å². The first-order valence-electron chi connectivity index (χ1n) is 6.04. The molecule has 0 radical (unpaired) electrons. The van der Waals surface area contributed by atoms with Gasteiger partial charge < -0.3 is 4.98 Å². The predicted molar refractivity (Wildman–Crippen MR) is 76.4 cm³/mol. The van der Waals surface area contributed by atoms with Crippen LogP contribution in [0.5, 0.6) is 0 Å². The van der Waals surface area contributed by atoms with Gasteiger partial charge >= 0.3 is 5.69 Å². The Morgan fingerprint density at radius 1 is 1.26 bits per heavy atom. The van der Waals surface area contributed by atoms with Gasteiger partial charge in [-0.2, -0.15) is 0 Å². The van der Waals surface area contributed by atoms with Crippen LogP contribution in [-0.2, 0) is 13.5 Å². The number of allylic oxidation sites excluding steroid dienone is 1. The molecule has 0 unspecified atom stereocenters. The molecule has 1 aromatic heterocycles. The number of rotatable bonds is 3. The van der Waals surface area contributed by atoms with E-state index in [9.17, 15) is 9.59 Å². The van der Waals surface area contributed by atoms with Crippen LogP contribution in [0.4, 0.5) is 0 Å². The van der Waals surface area contributed by atoms with Gasteiger partial charge in [0.15, 0.2) is 0 Å². The average Bonchev–Trinajstić information content (AvgIpc) is 2.38. The smallest absolute Gasteiger partial charge is 0.311 e. The van der Waals surface area contributed by atoms with Crippen molar-refractivity contribution in [2.45, 2.75) is 13.3 Å². The van der Waals surface area contributed by atoms with Crippen LogP contribution in [0.3, 0.4) is 0 Å². The molecule has 4 nitrogen and oxygen atoms in total. The Hall–Kier alpha value is -2.36. The first-order chi connectivity index (χ1) is 9.04. The maximum atomic E-state index is 12.1. The van der Waals surface area contributed by atoms with E-state index in [1.807, 2.05) is 30.3 Å². The molecule has 0 saturated carbocycles. The second kappa shape index (κ2) is 5.10. The zero-order valence-electron chi connectivity index (χ0n) is 11.1. The molecule has 0 amide bonds. The lowest BCUT2D eigenvalue weighted by atomic mass is 10.0. The van der Waals surface area contributed by atoms with Crippen molar-refractivity contribution in [1.29, 1.82) is 0 Å². The highest BCUT2D eigenvalue weighted by atomic mass is 16.2. The highest BCUT2D eigenvalue weighted by Gasteiger charge is 2.10. The van der Waals surface area contributed by atoms with Crippen LogP contribution < -0.4 is 11.2 Å². The van der Waals surface area contributed by atoms with Crippen LogP contribution in [-0.4, -0.2) is 9.55 Å². The summed E-state index contributed by atoms with van der Waals surface area (Å²) in [5.74, 6) is 0. The summed E-state index contributed by atoms with van der Waals surface area (Å²) in [5, 5.41) is 0. The monoisotopic (exact) mass is 256 g/mol. The van der Waals surface area contributed by atoms with E-state index in [1.54, 1.807) is 6.92 Å². The van der Waals surface area contributed by atoms with Crippen LogP contribution in [0, 0.1) is 6.92 Å². The molecule has 4 heteroatoms. The van der Waals surface area contributed by atoms with E-state index in [4.69, 9.17) is 0 Å². The number of aryl methyl sites for hydroxylation is 1. The van der Waals surface area contributed by atoms with Gasteiger partial charge in [0.25, 0.3) is 5.56 Å². The first-order valence-corrected chi connectivity index (χ1v) is 6.04. The fourth-order valence-electron chi connectivity index (χ4n) is 2.04. The Balaban J connectivity index is 2.59. The number of hydrogen-bond acceptors (Lipinski definition) is 2. The van der Waals surface area contributed by atoms with Crippen LogP contribution in [0.15, 0.2) is 46.5 Å². The SMILES string of the molecule is C=CCc1ccc(-c2c(C)[nH]c(=O)n(C)c2=O)cc1. The summed E-state index contributed by atoms with van der Waals surface area (Å²) in [4.78, 5) is 26.3. The lowest BCUT2D eigenvalue weighted by Crippen LogP contribution is -2.34. The van der Waals surface area contributed by atoms with Crippen molar-refractivity contribution in [3.05, 3.63) is 69.0 Å². The molecule has 0 aliphatic rings. The molecule has 0 fully saturated rings. The Morgan fingerprint density at radius 3 is 2.47 bits per heavy atom. The van der Waals surface area contributed by atoms with Gasteiger partial charge in [0.2, 0.25) is 0 Å². The van der Waals surface area contributed by atoms with Crippen molar-refractivity contribution in [3.8, 4) is 11.1 Å². The van der Waals surface area contributed by atoms with Gasteiger partial charge in [-0.3, -0.25) is 9.36 Å². The molecule has 2 rings (SSSR count). The second-order valence-corrected chi connectivity index (χ2v) is 4.48. The molecule has 1 aromatic carbocycles. The summed E-state index contributed by atoms with van der Waals surface area (Å²) in [6.45, 7) is 5.42. The first kappa shape index (κ1) is 13.1. The summed E-state index contributed by atoms with van der Waals surface area (Å²) in [7, 11) is 1.47. The lowest BCUT2D eigenvalue weighted by Gasteiger charge is -2.07. The van der Waals surface area contributed by atoms with Gasteiger partial charge in [0, 0.05) is 12.7 Å². The molecular weight excluding hydrogens is 240 g/mol. The zero-order chi connectivity index (χ0) is 14.0. The Bertz CT molecular complexity index is 721. The minimum atomic E-state index is -0.394. The topological polar surface area (TPSA) is 54.9 Å². The zero-order valence-corrected chi connectivity index (χ0v) is 11.1. The Kier molecular flexibility index (Phi) is 3.51. The van der Waals surface area contributed by atoms with Gasteiger partial charge in [-0.1, -0.05) is 30.3 Å². The number of nitrogens with zero attached hydrogens (tertiary/aromatic N) is 1. The summed E-state index contributed by atoms with van der Waals surface area (Å²) in [5.41, 5.74) is 2.39. The number of nitrogens with one attached hydrogen (secondary N) is 1. The number of aromatic amines is 1. The van der Waals surface area contributed by atoms with Crippen molar-refractivity contribution >= 4 is 0 Å². The third-order valence-electron chi connectivity index (χ3n) is 3.12. The molecule has 0 bridgehead atoms.